The molecule has 0 aliphatic heterocycles. The first-order valence-electron chi connectivity index (χ1n) is 6.10. The summed E-state index contributed by atoms with van der Waals surface area (Å²) < 4.78 is 26.1. The second kappa shape index (κ2) is 6.14. The van der Waals surface area contributed by atoms with Crippen LogP contribution in [0.25, 0.3) is 0 Å². The minimum Gasteiger partial charge on any atom is -0.376 e. The van der Waals surface area contributed by atoms with Crippen molar-refractivity contribution in [2.75, 3.05) is 17.2 Å². The minimum atomic E-state index is -0.798. The topological polar surface area (TPSA) is 41.1 Å². The van der Waals surface area contributed by atoms with Crippen molar-refractivity contribution in [3.8, 4) is 0 Å². The Morgan fingerprint density at radius 2 is 1.80 bits per heavy atom. The number of hydrogen-bond acceptors (Lipinski definition) is 2. The second-order valence-electron chi connectivity index (χ2n) is 4.39. The molecule has 0 bridgehead atoms. The normalized spacial score (nSPS) is 10.2. The van der Waals surface area contributed by atoms with Gasteiger partial charge in [-0.15, -0.1) is 0 Å². The van der Waals surface area contributed by atoms with Crippen LogP contribution in [-0.4, -0.2) is 12.5 Å². The van der Waals surface area contributed by atoms with Crippen LogP contribution in [0.15, 0.2) is 42.5 Å². The van der Waals surface area contributed by atoms with Crippen LogP contribution in [-0.2, 0) is 4.79 Å². The Balaban J connectivity index is 1.90. The lowest BCUT2D eigenvalue weighted by Crippen LogP contribution is -2.22. The van der Waals surface area contributed by atoms with Gasteiger partial charge in [-0.1, -0.05) is 17.7 Å². The van der Waals surface area contributed by atoms with Crippen molar-refractivity contribution < 1.29 is 13.6 Å². The maximum Gasteiger partial charge on any atom is 0.243 e. The van der Waals surface area contributed by atoms with E-state index in [4.69, 9.17) is 0 Å². The molecule has 0 aliphatic rings. The molecule has 2 aromatic rings. The van der Waals surface area contributed by atoms with E-state index in [0.29, 0.717) is 0 Å². The Morgan fingerprint density at radius 3 is 2.45 bits per heavy atom. The summed E-state index contributed by atoms with van der Waals surface area (Å²) in [5.74, 6) is -1.89. The van der Waals surface area contributed by atoms with Gasteiger partial charge in [0.15, 0.2) is 0 Å². The number of halogens is 2. The monoisotopic (exact) mass is 276 g/mol. The lowest BCUT2D eigenvalue weighted by atomic mass is 10.2. The molecule has 0 spiro atoms. The highest BCUT2D eigenvalue weighted by atomic mass is 19.1. The molecule has 0 heterocycles. The van der Waals surface area contributed by atoms with E-state index >= 15 is 0 Å². The lowest BCUT2D eigenvalue weighted by Gasteiger charge is -2.08. The fourth-order valence-corrected chi connectivity index (χ4v) is 1.64. The van der Waals surface area contributed by atoms with Crippen LogP contribution in [0.4, 0.5) is 20.2 Å². The molecular formula is C15H14F2N2O. The predicted octanol–water partition coefficient (Wildman–Crippen LogP) is 3.32. The molecule has 0 saturated carbocycles. The summed E-state index contributed by atoms with van der Waals surface area (Å²) in [6.07, 6.45) is 0. The average molecular weight is 276 g/mol. The van der Waals surface area contributed by atoms with E-state index in [1.807, 2.05) is 31.2 Å². The Morgan fingerprint density at radius 1 is 1.10 bits per heavy atom. The van der Waals surface area contributed by atoms with E-state index in [9.17, 15) is 13.6 Å². The summed E-state index contributed by atoms with van der Waals surface area (Å²) >= 11 is 0. The van der Waals surface area contributed by atoms with Gasteiger partial charge in [-0.25, -0.2) is 8.78 Å². The molecule has 2 aromatic carbocycles. The highest BCUT2D eigenvalue weighted by Crippen LogP contribution is 2.15. The predicted molar refractivity (Wildman–Crippen MR) is 74.7 cm³/mol. The van der Waals surface area contributed by atoms with Crippen molar-refractivity contribution >= 4 is 17.3 Å². The summed E-state index contributed by atoms with van der Waals surface area (Å²) in [6, 6.07) is 10.5. The summed E-state index contributed by atoms with van der Waals surface area (Å²) in [4.78, 5) is 11.7. The van der Waals surface area contributed by atoms with E-state index in [2.05, 4.69) is 10.6 Å². The lowest BCUT2D eigenvalue weighted by molar-refractivity contribution is -0.114. The third kappa shape index (κ3) is 3.78. The van der Waals surface area contributed by atoms with Gasteiger partial charge in [0.2, 0.25) is 5.91 Å². The van der Waals surface area contributed by atoms with Crippen molar-refractivity contribution in [1.29, 1.82) is 0 Å². The Labute approximate surface area is 115 Å². The molecule has 0 fully saturated rings. The number of benzene rings is 2. The summed E-state index contributed by atoms with van der Waals surface area (Å²) in [6.45, 7) is 1.97. The van der Waals surface area contributed by atoms with Crippen LogP contribution in [0.3, 0.4) is 0 Å². The number of anilines is 2. The Kier molecular flexibility index (Phi) is 4.30. The number of amides is 1. The molecule has 1 amide bonds. The molecule has 0 radical (unpaired) electrons. The minimum absolute atomic E-state index is 0.000122. The van der Waals surface area contributed by atoms with Gasteiger partial charge in [-0.2, -0.15) is 0 Å². The van der Waals surface area contributed by atoms with E-state index in [1.165, 1.54) is 6.07 Å². The number of carbonyl (C=O) groups is 1. The highest BCUT2D eigenvalue weighted by molar-refractivity contribution is 5.93. The zero-order chi connectivity index (χ0) is 14.5. The van der Waals surface area contributed by atoms with Crippen molar-refractivity contribution in [3.05, 3.63) is 59.7 Å². The number of aryl methyl sites for hydroxylation is 1. The van der Waals surface area contributed by atoms with Crippen molar-refractivity contribution in [2.45, 2.75) is 6.92 Å². The molecule has 0 aliphatic carbocycles. The standard InChI is InChI=1S/C15H14F2N2O/c1-10-2-5-12(6-3-10)18-9-15(20)19-14-7-4-11(16)8-13(14)17/h2-8,18H,9H2,1H3,(H,19,20). The molecule has 0 unspecified atom stereocenters. The van der Waals surface area contributed by atoms with Gasteiger partial charge in [-0.3, -0.25) is 4.79 Å². The van der Waals surface area contributed by atoms with Crippen LogP contribution in [0.5, 0.6) is 0 Å². The van der Waals surface area contributed by atoms with Crippen LogP contribution in [0.2, 0.25) is 0 Å². The van der Waals surface area contributed by atoms with E-state index in [0.717, 1.165) is 23.4 Å². The van der Waals surface area contributed by atoms with Gasteiger partial charge in [-0.05, 0) is 31.2 Å². The maximum absolute atomic E-state index is 13.3. The zero-order valence-corrected chi connectivity index (χ0v) is 10.9. The average Bonchev–Trinajstić information content (AvgIpc) is 2.41. The first-order chi connectivity index (χ1) is 9.54. The molecule has 0 aromatic heterocycles. The van der Waals surface area contributed by atoms with Gasteiger partial charge < -0.3 is 10.6 Å². The van der Waals surface area contributed by atoms with E-state index in [-0.39, 0.29) is 12.2 Å². The third-order valence-corrected chi connectivity index (χ3v) is 2.71. The Hall–Kier alpha value is -2.43. The molecule has 104 valence electrons. The number of nitrogens with one attached hydrogen (secondary N) is 2. The second-order valence-corrected chi connectivity index (χ2v) is 4.39. The summed E-state index contributed by atoms with van der Waals surface area (Å²) in [7, 11) is 0. The number of hydrogen-bond donors (Lipinski definition) is 2. The quantitative estimate of drug-likeness (QED) is 0.899. The van der Waals surface area contributed by atoms with Crippen molar-refractivity contribution in [2.24, 2.45) is 0 Å². The van der Waals surface area contributed by atoms with E-state index < -0.39 is 17.5 Å². The smallest absolute Gasteiger partial charge is 0.243 e. The van der Waals surface area contributed by atoms with Gasteiger partial charge in [0.05, 0.1) is 12.2 Å². The van der Waals surface area contributed by atoms with Gasteiger partial charge in [0, 0.05) is 11.8 Å². The van der Waals surface area contributed by atoms with Crippen LogP contribution >= 0.6 is 0 Å². The molecule has 3 nitrogen and oxygen atoms in total. The maximum atomic E-state index is 13.3. The highest BCUT2D eigenvalue weighted by Gasteiger charge is 2.07. The summed E-state index contributed by atoms with van der Waals surface area (Å²) in [5, 5.41) is 5.29. The van der Waals surface area contributed by atoms with Gasteiger partial charge in [0.1, 0.15) is 11.6 Å². The molecule has 0 atom stereocenters. The molecular weight excluding hydrogens is 262 g/mol. The van der Waals surface area contributed by atoms with E-state index in [1.54, 1.807) is 0 Å². The molecule has 0 saturated heterocycles. The molecule has 2 N–H and O–H groups in total. The van der Waals surface area contributed by atoms with Crippen molar-refractivity contribution in [3.63, 3.8) is 0 Å². The van der Waals surface area contributed by atoms with Gasteiger partial charge in [0.25, 0.3) is 0 Å². The first-order valence-corrected chi connectivity index (χ1v) is 6.10. The zero-order valence-electron chi connectivity index (χ0n) is 10.9. The summed E-state index contributed by atoms with van der Waals surface area (Å²) in [5.41, 5.74) is 1.88. The number of carbonyl (C=O) groups excluding carboxylic acids is 1. The fourth-order valence-electron chi connectivity index (χ4n) is 1.64. The van der Waals surface area contributed by atoms with Crippen molar-refractivity contribution in [1.82, 2.24) is 0 Å². The third-order valence-electron chi connectivity index (χ3n) is 2.71. The number of rotatable bonds is 4. The van der Waals surface area contributed by atoms with Crippen LogP contribution < -0.4 is 10.6 Å². The molecule has 2 rings (SSSR count). The Bertz CT molecular complexity index is 612. The fraction of sp³-hybridized carbons (Fsp3) is 0.133. The molecule has 5 heteroatoms. The van der Waals surface area contributed by atoms with Gasteiger partial charge >= 0.3 is 0 Å². The first kappa shape index (κ1) is 14.0. The van der Waals surface area contributed by atoms with Crippen LogP contribution in [0, 0.1) is 18.6 Å². The SMILES string of the molecule is Cc1ccc(NCC(=O)Nc2ccc(F)cc2F)cc1. The van der Waals surface area contributed by atoms with Crippen LogP contribution in [0.1, 0.15) is 5.56 Å². The molecule has 20 heavy (non-hydrogen) atoms. The largest absolute Gasteiger partial charge is 0.376 e.